The normalized spacial score (nSPS) is 10.9. The molecule has 0 amide bonds. The van der Waals surface area contributed by atoms with E-state index < -0.39 is 6.09 Å². The maximum atomic E-state index is 12.0. The molecule has 0 atom stereocenters. The van der Waals surface area contributed by atoms with Crippen LogP contribution in [-0.4, -0.2) is 30.0 Å². The second-order valence-corrected chi connectivity index (χ2v) is 6.63. The lowest BCUT2D eigenvalue weighted by Crippen LogP contribution is -2.09. The molecule has 3 rings (SSSR count). The van der Waals surface area contributed by atoms with Crippen LogP contribution in [0, 0.1) is 13.8 Å². The van der Waals surface area contributed by atoms with Gasteiger partial charge in [0.2, 0.25) is 0 Å². The minimum atomic E-state index is -1.02. The van der Waals surface area contributed by atoms with Gasteiger partial charge in [-0.3, -0.25) is 0 Å². The van der Waals surface area contributed by atoms with Crippen molar-refractivity contribution in [1.82, 2.24) is 4.57 Å². The Morgan fingerprint density at radius 2 is 1.76 bits per heavy atom. The highest BCUT2D eigenvalue weighted by Gasteiger charge is 2.21. The van der Waals surface area contributed by atoms with Gasteiger partial charge in [-0.05, 0) is 55.3 Å². The number of halogens is 1. The number of aromatic nitrogens is 1. The third kappa shape index (κ3) is 2.76. The van der Waals surface area contributed by atoms with Crippen LogP contribution < -0.4 is 9.47 Å². The van der Waals surface area contributed by atoms with Crippen LogP contribution in [0.25, 0.3) is 22.2 Å². The number of aryl methyl sites for hydroxylation is 2. The molecule has 3 aromatic rings. The first kappa shape index (κ1) is 17.4. The van der Waals surface area contributed by atoms with E-state index in [0.717, 1.165) is 26.5 Å². The number of fused-ring (bicyclic) bond motifs is 1. The van der Waals surface area contributed by atoms with Gasteiger partial charge in [-0.15, -0.1) is 0 Å². The van der Waals surface area contributed by atoms with E-state index in [4.69, 9.17) is 9.47 Å². The quantitative estimate of drug-likeness (QED) is 0.649. The van der Waals surface area contributed by atoms with Gasteiger partial charge < -0.3 is 14.6 Å². The van der Waals surface area contributed by atoms with Gasteiger partial charge in [0.1, 0.15) is 0 Å². The summed E-state index contributed by atoms with van der Waals surface area (Å²) in [6.07, 6.45) is -1.02. The molecule has 0 aliphatic rings. The first-order chi connectivity index (χ1) is 11.9. The van der Waals surface area contributed by atoms with Crippen LogP contribution in [0.5, 0.6) is 11.5 Å². The summed E-state index contributed by atoms with van der Waals surface area (Å²) in [5.74, 6) is 1.15. The second-order valence-electron chi connectivity index (χ2n) is 5.78. The predicted molar refractivity (Wildman–Crippen MR) is 101 cm³/mol. The lowest BCUT2D eigenvalue weighted by atomic mass is 10.1. The minimum Gasteiger partial charge on any atom is -0.493 e. The van der Waals surface area contributed by atoms with Gasteiger partial charge in [-0.1, -0.05) is 15.9 Å². The number of ether oxygens (including phenoxy) is 2. The molecule has 0 radical (unpaired) electrons. The van der Waals surface area contributed by atoms with Crippen molar-refractivity contribution < 1.29 is 19.4 Å². The number of rotatable bonds is 3. The highest BCUT2D eigenvalue weighted by Crippen LogP contribution is 2.39. The Bertz CT molecular complexity index is 991. The lowest BCUT2D eigenvalue weighted by Gasteiger charge is -2.11. The van der Waals surface area contributed by atoms with E-state index in [1.165, 1.54) is 4.57 Å². The molecule has 1 N–H and O–H groups in total. The zero-order valence-corrected chi connectivity index (χ0v) is 16.0. The summed E-state index contributed by atoms with van der Waals surface area (Å²) < 4.78 is 12.9. The molecular weight excluding hydrogens is 386 g/mol. The summed E-state index contributed by atoms with van der Waals surface area (Å²) in [4.78, 5) is 12.0. The summed E-state index contributed by atoms with van der Waals surface area (Å²) in [7, 11) is 3.12. The summed E-state index contributed by atoms with van der Waals surface area (Å²) in [6, 6.07) is 9.25. The SMILES string of the molecule is COc1ccc(-c2c(C)c3cc(Br)c(C)cc3n2C(=O)O)cc1OC. The smallest absolute Gasteiger partial charge is 0.416 e. The van der Waals surface area contributed by atoms with Crippen LogP contribution >= 0.6 is 15.9 Å². The van der Waals surface area contributed by atoms with Gasteiger partial charge in [0.15, 0.2) is 11.5 Å². The number of hydrogen-bond acceptors (Lipinski definition) is 3. The van der Waals surface area contributed by atoms with E-state index in [2.05, 4.69) is 15.9 Å². The number of carbonyl (C=O) groups is 1. The fourth-order valence-corrected chi connectivity index (χ4v) is 3.44. The summed E-state index contributed by atoms with van der Waals surface area (Å²) in [5, 5.41) is 10.7. The molecule has 1 aromatic heterocycles. The van der Waals surface area contributed by atoms with Crippen molar-refractivity contribution in [1.29, 1.82) is 0 Å². The molecule has 0 saturated carbocycles. The third-order valence-corrected chi connectivity index (χ3v) is 5.20. The predicted octanol–water partition coefficient (Wildman–Crippen LogP) is 5.23. The molecular formula is C19H18BrNO4. The molecule has 0 saturated heterocycles. The molecule has 6 heteroatoms. The largest absolute Gasteiger partial charge is 0.493 e. The number of benzene rings is 2. The number of carboxylic acid groups (broad SMARTS) is 1. The molecule has 0 bridgehead atoms. The first-order valence-corrected chi connectivity index (χ1v) is 8.45. The summed E-state index contributed by atoms with van der Waals surface area (Å²) in [6.45, 7) is 3.86. The maximum Gasteiger partial charge on any atom is 0.416 e. The van der Waals surface area contributed by atoms with Crippen molar-refractivity contribution in [3.63, 3.8) is 0 Å². The molecule has 0 aliphatic carbocycles. The zero-order valence-electron chi connectivity index (χ0n) is 14.4. The van der Waals surface area contributed by atoms with Crippen LogP contribution in [0.4, 0.5) is 4.79 Å². The van der Waals surface area contributed by atoms with Crippen molar-refractivity contribution in [3.05, 3.63) is 45.9 Å². The monoisotopic (exact) mass is 403 g/mol. The van der Waals surface area contributed by atoms with Crippen LogP contribution in [0.1, 0.15) is 11.1 Å². The summed E-state index contributed by atoms with van der Waals surface area (Å²) >= 11 is 3.53. The Kier molecular flexibility index (Phi) is 4.47. The molecule has 0 aliphatic heterocycles. The van der Waals surface area contributed by atoms with Crippen LogP contribution in [-0.2, 0) is 0 Å². The summed E-state index contributed by atoms with van der Waals surface area (Å²) in [5.41, 5.74) is 3.91. The van der Waals surface area contributed by atoms with E-state index in [9.17, 15) is 9.90 Å². The Hall–Kier alpha value is -2.47. The third-order valence-electron chi connectivity index (χ3n) is 4.35. The number of nitrogens with zero attached hydrogens (tertiary/aromatic N) is 1. The molecule has 0 spiro atoms. The lowest BCUT2D eigenvalue weighted by molar-refractivity contribution is 0.198. The van der Waals surface area contributed by atoms with Gasteiger partial charge in [0.05, 0.1) is 25.4 Å². The van der Waals surface area contributed by atoms with Gasteiger partial charge in [-0.25, -0.2) is 9.36 Å². The van der Waals surface area contributed by atoms with Crippen LogP contribution in [0.2, 0.25) is 0 Å². The second kappa shape index (κ2) is 6.44. The minimum absolute atomic E-state index is 0.555. The first-order valence-electron chi connectivity index (χ1n) is 7.66. The average Bonchev–Trinajstić information content (AvgIpc) is 2.87. The van der Waals surface area contributed by atoms with Crippen molar-refractivity contribution in [2.45, 2.75) is 13.8 Å². The van der Waals surface area contributed by atoms with Crippen molar-refractivity contribution in [3.8, 4) is 22.8 Å². The van der Waals surface area contributed by atoms with Gasteiger partial charge in [0, 0.05) is 15.4 Å². The van der Waals surface area contributed by atoms with E-state index in [0.29, 0.717) is 22.7 Å². The average molecular weight is 404 g/mol. The van der Waals surface area contributed by atoms with E-state index >= 15 is 0 Å². The van der Waals surface area contributed by atoms with E-state index in [1.54, 1.807) is 26.4 Å². The molecule has 25 heavy (non-hydrogen) atoms. The zero-order chi connectivity index (χ0) is 18.3. The van der Waals surface area contributed by atoms with Gasteiger partial charge >= 0.3 is 6.09 Å². The molecule has 5 nitrogen and oxygen atoms in total. The molecule has 2 aromatic carbocycles. The number of hydrogen-bond donors (Lipinski definition) is 1. The van der Waals surface area contributed by atoms with Crippen molar-refractivity contribution in [2.75, 3.05) is 14.2 Å². The molecule has 0 fully saturated rings. The highest BCUT2D eigenvalue weighted by atomic mass is 79.9. The number of methoxy groups -OCH3 is 2. The van der Waals surface area contributed by atoms with Crippen LogP contribution in [0.3, 0.4) is 0 Å². The highest BCUT2D eigenvalue weighted by molar-refractivity contribution is 9.10. The van der Waals surface area contributed by atoms with Crippen LogP contribution in [0.15, 0.2) is 34.8 Å². The fraction of sp³-hybridized carbons (Fsp3) is 0.211. The molecule has 130 valence electrons. The van der Waals surface area contributed by atoms with Gasteiger partial charge in [0.25, 0.3) is 0 Å². The van der Waals surface area contributed by atoms with Gasteiger partial charge in [-0.2, -0.15) is 0 Å². The Labute approximate surface area is 153 Å². The Morgan fingerprint density at radius 1 is 1.08 bits per heavy atom. The van der Waals surface area contributed by atoms with Crippen molar-refractivity contribution >= 4 is 32.9 Å². The topological polar surface area (TPSA) is 60.7 Å². The molecule has 1 heterocycles. The Balaban J connectivity index is 2.38. The standard InChI is InChI=1S/C19H18BrNO4/c1-10-7-15-13(9-14(10)20)11(2)18(21(15)19(22)23)12-5-6-16(24-3)17(8-12)25-4/h5-9H,1-4H3,(H,22,23). The van der Waals surface area contributed by atoms with Crippen molar-refractivity contribution in [2.24, 2.45) is 0 Å². The Morgan fingerprint density at radius 3 is 2.36 bits per heavy atom. The van der Waals surface area contributed by atoms with E-state index in [1.807, 2.05) is 32.0 Å². The van der Waals surface area contributed by atoms with E-state index in [-0.39, 0.29) is 0 Å². The molecule has 0 unspecified atom stereocenters. The fourth-order valence-electron chi connectivity index (χ4n) is 3.10. The maximum absolute atomic E-state index is 12.0.